The highest BCUT2D eigenvalue weighted by molar-refractivity contribution is 7.80. The van der Waals surface area contributed by atoms with Gasteiger partial charge in [-0.15, -0.1) is 0 Å². The van der Waals surface area contributed by atoms with Crippen LogP contribution in [0.4, 0.5) is 0 Å². The third kappa shape index (κ3) is 3.48. The zero-order chi connectivity index (χ0) is 9.68. The van der Waals surface area contributed by atoms with E-state index in [1.807, 2.05) is 13.8 Å². The largest absolute Gasteiger partial charge is 0.378 e. The van der Waals surface area contributed by atoms with Gasteiger partial charge in [0.05, 0.1) is 6.10 Å². The van der Waals surface area contributed by atoms with E-state index in [9.17, 15) is 0 Å². The number of nitrogens with one attached hydrogen (secondary N) is 2. The van der Waals surface area contributed by atoms with Crippen LogP contribution in [-0.4, -0.2) is 30.4 Å². The van der Waals surface area contributed by atoms with Crippen LogP contribution in [0.15, 0.2) is 0 Å². The first-order chi connectivity index (χ1) is 6.26. The summed E-state index contributed by atoms with van der Waals surface area (Å²) < 4.78 is 5.45. The van der Waals surface area contributed by atoms with Gasteiger partial charge in [0.15, 0.2) is 5.11 Å². The molecule has 0 radical (unpaired) electrons. The Morgan fingerprint density at radius 2 is 2.15 bits per heavy atom. The van der Waals surface area contributed by atoms with Gasteiger partial charge < -0.3 is 15.4 Å². The van der Waals surface area contributed by atoms with E-state index < -0.39 is 0 Å². The summed E-state index contributed by atoms with van der Waals surface area (Å²) in [5, 5.41) is 7.08. The molecule has 0 aromatic heterocycles. The van der Waals surface area contributed by atoms with Crippen molar-refractivity contribution < 1.29 is 4.74 Å². The molecular weight excluding hydrogens is 184 g/mol. The van der Waals surface area contributed by atoms with Gasteiger partial charge in [0.2, 0.25) is 0 Å². The van der Waals surface area contributed by atoms with E-state index in [4.69, 9.17) is 17.0 Å². The minimum atomic E-state index is 0.451. The Morgan fingerprint density at radius 3 is 2.69 bits per heavy atom. The molecule has 0 unspecified atom stereocenters. The zero-order valence-corrected chi connectivity index (χ0v) is 9.12. The Bertz CT molecular complexity index is 169. The molecule has 0 bridgehead atoms. The Hall–Kier alpha value is -0.350. The first-order valence-electron chi connectivity index (χ1n) is 4.92. The van der Waals surface area contributed by atoms with Crippen LogP contribution < -0.4 is 10.6 Å². The van der Waals surface area contributed by atoms with Gasteiger partial charge in [0.1, 0.15) is 0 Å². The molecule has 0 aromatic rings. The maximum Gasteiger partial charge on any atom is 0.166 e. The van der Waals surface area contributed by atoms with Crippen molar-refractivity contribution in [2.24, 2.45) is 0 Å². The van der Waals surface area contributed by atoms with E-state index in [1.165, 1.54) is 0 Å². The van der Waals surface area contributed by atoms with E-state index in [0.29, 0.717) is 12.1 Å². The molecule has 0 saturated heterocycles. The van der Waals surface area contributed by atoms with E-state index in [2.05, 4.69) is 10.6 Å². The van der Waals surface area contributed by atoms with Crippen LogP contribution in [0.3, 0.4) is 0 Å². The van der Waals surface area contributed by atoms with Gasteiger partial charge in [0.25, 0.3) is 0 Å². The lowest BCUT2D eigenvalue weighted by Gasteiger charge is -2.36. The van der Waals surface area contributed by atoms with E-state index in [0.717, 1.165) is 31.1 Å². The zero-order valence-electron chi connectivity index (χ0n) is 8.30. The van der Waals surface area contributed by atoms with Crippen LogP contribution in [0.1, 0.15) is 26.7 Å². The predicted molar refractivity (Wildman–Crippen MR) is 57.8 cm³/mol. The molecule has 1 fully saturated rings. The molecule has 0 heterocycles. The normalized spacial score (nSPS) is 26.3. The SMILES string of the molecule is CCNC(=S)NC1CC(OCC)C1. The van der Waals surface area contributed by atoms with Crippen molar-refractivity contribution >= 4 is 17.3 Å². The lowest BCUT2D eigenvalue weighted by atomic mass is 9.89. The summed E-state index contributed by atoms with van der Waals surface area (Å²) in [5.41, 5.74) is 0. The maximum atomic E-state index is 5.45. The Labute approximate surface area is 85.2 Å². The topological polar surface area (TPSA) is 33.3 Å². The van der Waals surface area contributed by atoms with Crippen molar-refractivity contribution in [1.82, 2.24) is 10.6 Å². The second kappa shape index (κ2) is 5.40. The summed E-state index contributed by atoms with van der Waals surface area (Å²) in [6.07, 6.45) is 2.62. The minimum absolute atomic E-state index is 0.451. The fourth-order valence-electron chi connectivity index (χ4n) is 1.45. The van der Waals surface area contributed by atoms with Crippen molar-refractivity contribution in [3.8, 4) is 0 Å². The molecule has 0 aromatic carbocycles. The molecule has 1 saturated carbocycles. The summed E-state index contributed by atoms with van der Waals surface area (Å²) in [7, 11) is 0. The van der Waals surface area contributed by atoms with Crippen LogP contribution in [-0.2, 0) is 4.74 Å². The van der Waals surface area contributed by atoms with Gasteiger partial charge in [-0.1, -0.05) is 0 Å². The van der Waals surface area contributed by atoms with Crippen molar-refractivity contribution in [1.29, 1.82) is 0 Å². The first kappa shape index (κ1) is 10.7. The van der Waals surface area contributed by atoms with E-state index >= 15 is 0 Å². The molecule has 13 heavy (non-hydrogen) atoms. The summed E-state index contributed by atoms with van der Waals surface area (Å²) in [6, 6.07) is 0.517. The molecule has 0 aliphatic heterocycles. The second-order valence-corrected chi connectivity index (χ2v) is 3.66. The fourth-order valence-corrected chi connectivity index (χ4v) is 1.76. The van der Waals surface area contributed by atoms with E-state index in [1.54, 1.807) is 0 Å². The third-order valence-corrected chi connectivity index (χ3v) is 2.43. The lowest BCUT2D eigenvalue weighted by Crippen LogP contribution is -2.50. The number of rotatable bonds is 4. The predicted octanol–water partition coefficient (Wildman–Crippen LogP) is 1.04. The Morgan fingerprint density at radius 1 is 1.46 bits per heavy atom. The standard InChI is InChI=1S/C9H18N2OS/c1-3-10-9(13)11-7-5-8(6-7)12-4-2/h7-8H,3-6H2,1-2H3,(H2,10,11,13). The lowest BCUT2D eigenvalue weighted by molar-refractivity contribution is -0.00562. The van der Waals surface area contributed by atoms with Crippen molar-refractivity contribution in [2.45, 2.75) is 38.8 Å². The maximum absolute atomic E-state index is 5.45. The summed E-state index contributed by atoms with van der Waals surface area (Å²) in [6.45, 7) is 5.77. The smallest absolute Gasteiger partial charge is 0.166 e. The molecular formula is C9H18N2OS. The quantitative estimate of drug-likeness (QED) is 0.667. The van der Waals surface area contributed by atoms with Crippen LogP contribution in [0, 0.1) is 0 Å². The number of ether oxygens (including phenoxy) is 1. The van der Waals surface area contributed by atoms with Gasteiger partial charge in [-0.05, 0) is 38.9 Å². The van der Waals surface area contributed by atoms with Crippen LogP contribution in [0.25, 0.3) is 0 Å². The summed E-state index contributed by atoms with van der Waals surface area (Å²) in [5.74, 6) is 0. The molecule has 1 aliphatic carbocycles. The first-order valence-corrected chi connectivity index (χ1v) is 5.33. The van der Waals surface area contributed by atoms with Crippen LogP contribution in [0.5, 0.6) is 0 Å². The molecule has 76 valence electrons. The second-order valence-electron chi connectivity index (χ2n) is 3.25. The van der Waals surface area contributed by atoms with Crippen molar-refractivity contribution in [3.63, 3.8) is 0 Å². The van der Waals surface area contributed by atoms with E-state index in [-0.39, 0.29) is 0 Å². The highest BCUT2D eigenvalue weighted by Gasteiger charge is 2.29. The molecule has 3 nitrogen and oxygen atoms in total. The van der Waals surface area contributed by atoms with Crippen LogP contribution >= 0.6 is 12.2 Å². The molecule has 1 rings (SSSR count). The van der Waals surface area contributed by atoms with Gasteiger partial charge in [-0.2, -0.15) is 0 Å². The highest BCUT2D eigenvalue weighted by Crippen LogP contribution is 2.22. The summed E-state index contributed by atoms with van der Waals surface area (Å²) in [4.78, 5) is 0. The average molecular weight is 202 g/mol. The molecule has 4 heteroatoms. The van der Waals surface area contributed by atoms with Gasteiger partial charge >= 0.3 is 0 Å². The number of hydrogen-bond donors (Lipinski definition) is 2. The van der Waals surface area contributed by atoms with Gasteiger partial charge in [-0.25, -0.2) is 0 Å². The van der Waals surface area contributed by atoms with Gasteiger partial charge in [0, 0.05) is 19.2 Å². The number of thiocarbonyl (C=S) groups is 1. The summed E-state index contributed by atoms with van der Waals surface area (Å²) >= 11 is 5.07. The van der Waals surface area contributed by atoms with Crippen LogP contribution in [0.2, 0.25) is 0 Å². The Kier molecular flexibility index (Phi) is 4.45. The molecule has 0 atom stereocenters. The molecule has 0 spiro atoms. The molecule has 0 amide bonds. The monoisotopic (exact) mass is 202 g/mol. The average Bonchev–Trinajstić information content (AvgIpc) is 2.01. The Balaban J connectivity index is 2.04. The fraction of sp³-hybridized carbons (Fsp3) is 0.889. The highest BCUT2D eigenvalue weighted by atomic mass is 32.1. The molecule has 1 aliphatic rings. The number of hydrogen-bond acceptors (Lipinski definition) is 2. The van der Waals surface area contributed by atoms with Crippen molar-refractivity contribution in [2.75, 3.05) is 13.2 Å². The van der Waals surface area contributed by atoms with Crippen molar-refractivity contribution in [3.05, 3.63) is 0 Å². The van der Waals surface area contributed by atoms with Gasteiger partial charge in [-0.3, -0.25) is 0 Å². The minimum Gasteiger partial charge on any atom is -0.378 e. The third-order valence-electron chi connectivity index (χ3n) is 2.17. The molecule has 2 N–H and O–H groups in total.